The number of rotatable bonds is 6. The van der Waals surface area contributed by atoms with E-state index in [-0.39, 0.29) is 23.4 Å². The van der Waals surface area contributed by atoms with Gasteiger partial charge in [-0.05, 0) is 36.4 Å². The van der Waals surface area contributed by atoms with Crippen LogP contribution in [-0.2, 0) is 15.5 Å². The highest BCUT2D eigenvalue weighted by Crippen LogP contribution is 2.53. The first-order chi connectivity index (χ1) is 18.3. The van der Waals surface area contributed by atoms with Gasteiger partial charge in [-0.15, -0.1) is 0 Å². The van der Waals surface area contributed by atoms with Crippen molar-refractivity contribution in [3.8, 4) is 0 Å². The topological polar surface area (TPSA) is 83.6 Å². The quantitative estimate of drug-likeness (QED) is 0.353. The zero-order valence-corrected chi connectivity index (χ0v) is 21.2. The molecule has 0 unspecified atom stereocenters. The average molecular weight is 594 g/mol. The third kappa shape index (κ3) is 5.64. The Labute approximate surface area is 222 Å². The van der Waals surface area contributed by atoms with Gasteiger partial charge in [-0.1, -0.05) is 30.3 Å². The summed E-state index contributed by atoms with van der Waals surface area (Å²) in [5.74, 6) is -3.27. The summed E-state index contributed by atoms with van der Waals surface area (Å²) in [5, 5.41) is 1.91. The number of anilines is 2. The fraction of sp³-hybridized carbons (Fsp3) is 0.200. The number of nitrogens with one attached hydrogen (secondary N) is 1. The summed E-state index contributed by atoms with van der Waals surface area (Å²) in [4.78, 5) is 25.1. The van der Waals surface area contributed by atoms with E-state index in [0.717, 1.165) is 17.0 Å². The van der Waals surface area contributed by atoms with Crippen LogP contribution >= 0.6 is 0 Å². The maximum absolute atomic E-state index is 15.3. The normalized spacial score (nSPS) is 12.7. The van der Waals surface area contributed by atoms with Gasteiger partial charge < -0.3 is 10.2 Å². The Morgan fingerprint density at radius 3 is 1.93 bits per heavy atom. The van der Waals surface area contributed by atoms with E-state index in [1.165, 1.54) is 25.2 Å². The first-order valence-electron chi connectivity index (χ1n) is 10.9. The number of sulfone groups is 1. The molecule has 6 nitrogen and oxygen atoms in total. The lowest BCUT2D eigenvalue weighted by Crippen LogP contribution is -2.50. The molecule has 1 N–H and O–H groups in total. The smallest absolute Gasteiger partial charge is 0.321 e. The SMILES string of the molecule is CN(C(=O)c1ccccc1)c1cccc(C(=O)Nc2ccc(C(F)(C(F)(F)F)C(F)(F)F)cc2S(C)(=O)=O)c1F. The van der Waals surface area contributed by atoms with Crippen LogP contribution in [0.25, 0.3) is 0 Å². The third-order valence-electron chi connectivity index (χ3n) is 5.72. The highest BCUT2D eigenvalue weighted by atomic mass is 32.2. The third-order valence-corrected chi connectivity index (χ3v) is 6.85. The average Bonchev–Trinajstić information content (AvgIpc) is 2.86. The van der Waals surface area contributed by atoms with E-state index in [2.05, 4.69) is 0 Å². The number of hydrogen-bond donors (Lipinski definition) is 1. The van der Waals surface area contributed by atoms with Gasteiger partial charge in [0.2, 0.25) is 0 Å². The molecule has 2 amide bonds. The lowest BCUT2D eigenvalue weighted by atomic mass is 9.94. The standard InChI is InChI=1S/C25H18F8N2O4S/c1-35(22(37)14-7-4-3-5-8-14)18-10-6-9-16(20(18)26)21(36)34-17-12-11-15(13-19(17)40(2,38)39)23(27,24(28,29)30)25(31,32)33/h3-13H,1-2H3,(H,34,36). The van der Waals surface area contributed by atoms with Crippen molar-refractivity contribution in [2.24, 2.45) is 0 Å². The lowest BCUT2D eigenvalue weighted by Gasteiger charge is -2.30. The first-order valence-corrected chi connectivity index (χ1v) is 12.8. The lowest BCUT2D eigenvalue weighted by molar-refractivity contribution is -0.348. The molecule has 0 spiro atoms. The number of amides is 2. The van der Waals surface area contributed by atoms with Crippen LogP contribution in [0.3, 0.4) is 0 Å². The molecule has 214 valence electrons. The van der Waals surface area contributed by atoms with Crippen LogP contribution in [0.4, 0.5) is 46.5 Å². The Kier molecular flexibility index (Phi) is 8.03. The van der Waals surface area contributed by atoms with Crippen LogP contribution in [0, 0.1) is 5.82 Å². The minimum atomic E-state index is -6.52. The molecule has 15 heteroatoms. The highest BCUT2D eigenvalue weighted by Gasteiger charge is 2.73. The van der Waals surface area contributed by atoms with Crippen molar-refractivity contribution in [2.75, 3.05) is 23.5 Å². The summed E-state index contributed by atoms with van der Waals surface area (Å²) in [7, 11) is -3.46. The Bertz CT molecular complexity index is 1540. The van der Waals surface area contributed by atoms with Gasteiger partial charge >= 0.3 is 18.0 Å². The van der Waals surface area contributed by atoms with Gasteiger partial charge in [0.1, 0.15) is 0 Å². The molecule has 0 bridgehead atoms. The fourth-order valence-electron chi connectivity index (χ4n) is 3.66. The molecule has 3 aromatic rings. The van der Waals surface area contributed by atoms with Gasteiger partial charge in [0.05, 0.1) is 21.8 Å². The van der Waals surface area contributed by atoms with Crippen LogP contribution in [-0.4, -0.2) is 45.9 Å². The van der Waals surface area contributed by atoms with Gasteiger partial charge in [0.25, 0.3) is 11.8 Å². The summed E-state index contributed by atoms with van der Waals surface area (Å²) < 4.78 is 133. The molecule has 3 rings (SSSR count). The molecule has 40 heavy (non-hydrogen) atoms. The molecule has 0 aliphatic heterocycles. The van der Waals surface area contributed by atoms with Gasteiger partial charge in [-0.3, -0.25) is 9.59 Å². The predicted octanol–water partition coefficient (Wildman–Crippen LogP) is 6.05. The number of hydrogen-bond acceptors (Lipinski definition) is 4. The van der Waals surface area contributed by atoms with Crippen molar-refractivity contribution in [1.29, 1.82) is 0 Å². The molecule has 0 atom stereocenters. The summed E-state index contributed by atoms with van der Waals surface area (Å²) in [5.41, 5.74) is -9.82. The maximum atomic E-state index is 15.3. The van der Waals surface area contributed by atoms with E-state index in [1.54, 1.807) is 18.2 Å². The largest absolute Gasteiger partial charge is 0.435 e. The van der Waals surface area contributed by atoms with Crippen molar-refractivity contribution in [2.45, 2.75) is 22.9 Å². The summed E-state index contributed by atoms with van der Waals surface area (Å²) >= 11 is 0. The molecule has 0 aromatic heterocycles. The summed E-state index contributed by atoms with van der Waals surface area (Å²) in [6, 6.07) is 11.0. The summed E-state index contributed by atoms with van der Waals surface area (Å²) in [6.45, 7) is 0. The molecular formula is C25H18F8N2O4S. The van der Waals surface area contributed by atoms with E-state index >= 15 is 4.39 Å². The second-order valence-electron chi connectivity index (χ2n) is 8.46. The monoisotopic (exact) mass is 594 g/mol. The molecule has 0 aliphatic carbocycles. The fourth-order valence-corrected chi connectivity index (χ4v) is 4.52. The van der Waals surface area contributed by atoms with Crippen LogP contribution in [0.2, 0.25) is 0 Å². The minimum absolute atomic E-state index is 0.00432. The Hall–Kier alpha value is -4.01. The zero-order chi connectivity index (χ0) is 30.3. The number of benzene rings is 3. The van der Waals surface area contributed by atoms with Crippen LogP contribution < -0.4 is 10.2 Å². The highest BCUT2D eigenvalue weighted by molar-refractivity contribution is 7.90. The molecule has 0 saturated carbocycles. The number of nitrogens with zero attached hydrogens (tertiary/aromatic N) is 1. The van der Waals surface area contributed by atoms with E-state index in [0.29, 0.717) is 12.3 Å². The van der Waals surface area contributed by atoms with Crippen molar-refractivity contribution < 1.29 is 53.1 Å². The Balaban J connectivity index is 2.04. The minimum Gasteiger partial charge on any atom is -0.321 e. The summed E-state index contributed by atoms with van der Waals surface area (Å²) in [6.07, 6.45) is -12.6. The number of alkyl halides is 7. The van der Waals surface area contributed by atoms with Crippen molar-refractivity contribution in [1.82, 2.24) is 0 Å². The number of carbonyl (C=O) groups excluding carboxylic acids is 2. The second kappa shape index (κ2) is 10.5. The molecular weight excluding hydrogens is 576 g/mol. The number of carbonyl (C=O) groups is 2. The van der Waals surface area contributed by atoms with Crippen LogP contribution in [0.15, 0.2) is 71.6 Å². The van der Waals surface area contributed by atoms with Gasteiger partial charge in [-0.2, -0.15) is 26.3 Å². The van der Waals surface area contributed by atoms with Gasteiger partial charge in [-0.25, -0.2) is 17.2 Å². The molecule has 0 aliphatic rings. The number of halogens is 8. The molecule has 0 heterocycles. The molecule has 0 fully saturated rings. The molecule has 0 saturated heterocycles. The maximum Gasteiger partial charge on any atom is 0.435 e. The first kappa shape index (κ1) is 30.5. The van der Waals surface area contributed by atoms with Crippen molar-refractivity contribution in [3.63, 3.8) is 0 Å². The van der Waals surface area contributed by atoms with Crippen LogP contribution in [0.5, 0.6) is 0 Å². The van der Waals surface area contributed by atoms with E-state index in [4.69, 9.17) is 0 Å². The Morgan fingerprint density at radius 2 is 1.40 bits per heavy atom. The predicted molar refractivity (Wildman–Crippen MR) is 128 cm³/mol. The van der Waals surface area contributed by atoms with Gasteiger partial charge in [0, 0.05) is 24.4 Å². The Morgan fingerprint density at radius 1 is 0.825 bits per heavy atom. The second-order valence-corrected chi connectivity index (χ2v) is 10.4. The molecule has 0 radical (unpaired) electrons. The van der Waals surface area contributed by atoms with E-state index in [1.807, 2.05) is 5.32 Å². The molecule has 3 aromatic carbocycles. The van der Waals surface area contributed by atoms with Crippen molar-refractivity contribution in [3.05, 3.63) is 89.2 Å². The van der Waals surface area contributed by atoms with Gasteiger partial charge in [0.15, 0.2) is 15.7 Å². The zero-order valence-electron chi connectivity index (χ0n) is 20.4. The van der Waals surface area contributed by atoms with Crippen molar-refractivity contribution >= 4 is 33.0 Å². The van der Waals surface area contributed by atoms with E-state index < -0.39 is 67.2 Å². The van der Waals surface area contributed by atoms with E-state index in [9.17, 15) is 48.7 Å². The van der Waals surface area contributed by atoms with Crippen LogP contribution in [0.1, 0.15) is 26.3 Å².